The summed E-state index contributed by atoms with van der Waals surface area (Å²) in [4.78, 5) is 2.15. The molecule has 0 aliphatic carbocycles. The minimum atomic E-state index is 0.00537. The minimum absolute atomic E-state index is 0.00537. The van der Waals surface area contributed by atoms with E-state index in [1.807, 2.05) is 0 Å². The van der Waals surface area contributed by atoms with E-state index in [1.165, 1.54) is 5.70 Å². The third-order valence-corrected chi connectivity index (χ3v) is 2.44. The smallest absolute Gasteiger partial charge is 0.173 e. The summed E-state index contributed by atoms with van der Waals surface area (Å²) in [6, 6.07) is 0. The molecule has 0 spiro atoms. The third kappa shape index (κ3) is 2.44. The number of hydrogen-bond acceptors (Lipinski definition) is 1. The molecule has 0 saturated heterocycles. The van der Waals surface area contributed by atoms with Gasteiger partial charge in [-0.3, -0.25) is 0 Å². The van der Waals surface area contributed by atoms with Crippen LogP contribution in [0.3, 0.4) is 0 Å². The second-order valence-corrected chi connectivity index (χ2v) is 4.48. The standard InChI is InChI=1S/C10H18N2S/c1-5-6-12-8(2)7-10(3,4)11-9(12)13/h7H,5-6H2,1-4H3,(H,11,13). The fraction of sp³-hybridized carbons (Fsp3) is 0.700. The Bertz CT molecular complexity index is 243. The van der Waals surface area contributed by atoms with Crippen molar-refractivity contribution in [2.45, 2.75) is 39.7 Å². The third-order valence-electron chi connectivity index (χ3n) is 2.12. The Hall–Kier alpha value is -0.570. The SMILES string of the molecule is CCCN1C(=S)NC(C)(C)C=C1C. The van der Waals surface area contributed by atoms with Crippen LogP contribution in [0.2, 0.25) is 0 Å². The molecular formula is C10H18N2S. The molecule has 1 N–H and O–H groups in total. The van der Waals surface area contributed by atoms with Gasteiger partial charge >= 0.3 is 0 Å². The summed E-state index contributed by atoms with van der Waals surface area (Å²) in [5, 5.41) is 4.16. The van der Waals surface area contributed by atoms with Crippen LogP contribution >= 0.6 is 12.2 Å². The van der Waals surface area contributed by atoms with Crippen LogP contribution < -0.4 is 5.32 Å². The van der Waals surface area contributed by atoms with Gasteiger partial charge in [0.25, 0.3) is 0 Å². The van der Waals surface area contributed by atoms with Gasteiger partial charge in [-0.1, -0.05) is 6.92 Å². The molecule has 0 radical (unpaired) electrons. The van der Waals surface area contributed by atoms with E-state index in [-0.39, 0.29) is 5.54 Å². The van der Waals surface area contributed by atoms with Gasteiger partial charge in [-0.15, -0.1) is 0 Å². The van der Waals surface area contributed by atoms with Crippen molar-refractivity contribution in [2.24, 2.45) is 0 Å². The van der Waals surface area contributed by atoms with Gasteiger partial charge in [0, 0.05) is 12.2 Å². The highest BCUT2D eigenvalue weighted by Crippen LogP contribution is 2.18. The predicted molar refractivity (Wildman–Crippen MR) is 60.6 cm³/mol. The number of nitrogens with zero attached hydrogens (tertiary/aromatic N) is 1. The summed E-state index contributed by atoms with van der Waals surface area (Å²) < 4.78 is 0. The first kappa shape index (κ1) is 10.5. The number of hydrogen-bond donors (Lipinski definition) is 1. The van der Waals surface area contributed by atoms with Gasteiger partial charge in [0.05, 0.1) is 5.54 Å². The highest BCUT2D eigenvalue weighted by Gasteiger charge is 2.25. The molecule has 1 aliphatic rings. The summed E-state index contributed by atoms with van der Waals surface area (Å²) >= 11 is 5.29. The van der Waals surface area contributed by atoms with E-state index in [0.717, 1.165) is 18.1 Å². The largest absolute Gasteiger partial charge is 0.354 e. The van der Waals surface area contributed by atoms with Gasteiger partial charge in [-0.25, -0.2) is 0 Å². The Kier molecular flexibility index (Phi) is 2.96. The van der Waals surface area contributed by atoms with Crippen LogP contribution in [-0.4, -0.2) is 22.1 Å². The predicted octanol–water partition coefficient (Wildman–Crippen LogP) is 2.27. The fourth-order valence-corrected chi connectivity index (χ4v) is 2.14. The average Bonchev–Trinajstić information content (AvgIpc) is 1.94. The number of thiocarbonyl (C=S) groups is 1. The highest BCUT2D eigenvalue weighted by atomic mass is 32.1. The molecule has 1 heterocycles. The van der Waals surface area contributed by atoms with Crippen LogP contribution in [0, 0.1) is 0 Å². The normalized spacial score (nSPS) is 21.1. The molecule has 0 saturated carbocycles. The molecule has 1 aliphatic heterocycles. The summed E-state index contributed by atoms with van der Waals surface area (Å²) in [5.41, 5.74) is 1.27. The molecule has 0 bridgehead atoms. The topological polar surface area (TPSA) is 15.3 Å². The zero-order valence-corrected chi connectivity index (χ0v) is 9.66. The molecule has 0 amide bonds. The van der Waals surface area contributed by atoms with Gasteiger partial charge in [0.1, 0.15) is 0 Å². The molecule has 0 aromatic carbocycles. The summed E-state index contributed by atoms with van der Waals surface area (Å²) in [5.74, 6) is 0. The minimum Gasteiger partial charge on any atom is -0.354 e. The van der Waals surface area contributed by atoms with Gasteiger partial charge in [-0.05, 0) is 45.5 Å². The van der Waals surface area contributed by atoms with E-state index in [4.69, 9.17) is 12.2 Å². The molecule has 1 rings (SSSR count). The van der Waals surface area contributed by atoms with Crippen LogP contribution in [0.15, 0.2) is 11.8 Å². The molecule has 0 aromatic heterocycles. The van der Waals surface area contributed by atoms with E-state index < -0.39 is 0 Å². The van der Waals surface area contributed by atoms with Crippen LogP contribution in [0.4, 0.5) is 0 Å². The van der Waals surface area contributed by atoms with E-state index in [2.05, 4.69) is 44.0 Å². The van der Waals surface area contributed by atoms with Gasteiger partial charge in [0.2, 0.25) is 0 Å². The molecule has 3 heteroatoms. The maximum absolute atomic E-state index is 5.29. The number of rotatable bonds is 2. The zero-order chi connectivity index (χ0) is 10.1. The molecule has 2 nitrogen and oxygen atoms in total. The lowest BCUT2D eigenvalue weighted by Crippen LogP contribution is -2.52. The Morgan fingerprint density at radius 3 is 2.62 bits per heavy atom. The fourth-order valence-electron chi connectivity index (χ4n) is 1.64. The Balaban J connectivity index is 2.84. The number of nitrogens with one attached hydrogen (secondary N) is 1. The molecule has 74 valence electrons. The first-order valence-corrected chi connectivity index (χ1v) is 5.16. The van der Waals surface area contributed by atoms with Crippen LogP contribution in [0.5, 0.6) is 0 Å². The van der Waals surface area contributed by atoms with E-state index in [9.17, 15) is 0 Å². The van der Waals surface area contributed by atoms with Gasteiger partial charge < -0.3 is 10.2 Å². The monoisotopic (exact) mass is 198 g/mol. The molecule has 0 atom stereocenters. The van der Waals surface area contributed by atoms with E-state index >= 15 is 0 Å². The summed E-state index contributed by atoms with van der Waals surface area (Å²) in [6.07, 6.45) is 3.34. The Labute approximate surface area is 86.0 Å². The Morgan fingerprint density at radius 2 is 2.15 bits per heavy atom. The first-order valence-electron chi connectivity index (χ1n) is 4.75. The summed E-state index contributed by atoms with van der Waals surface area (Å²) in [6.45, 7) is 9.54. The maximum Gasteiger partial charge on any atom is 0.173 e. The second-order valence-electron chi connectivity index (χ2n) is 4.09. The van der Waals surface area contributed by atoms with Crippen molar-refractivity contribution in [1.82, 2.24) is 10.2 Å². The van der Waals surface area contributed by atoms with E-state index in [0.29, 0.717) is 0 Å². The van der Waals surface area contributed by atoms with Crippen LogP contribution in [0.25, 0.3) is 0 Å². The van der Waals surface area contributed by atoms with Crippen molar-refractivity contribution in [3.63, 3.8) is 0 Å². The average molecular weight is 198 g/mol. The zero-order valence-electron chi connectivity index (χ0n) is 8.85. The second kappa shape index (κ2) is 3.66. The Morgan fingerprint density at radius 1 is 1.54 bits per heavy atom. The molecule has 0 aromatic rings. The molecular weight excluding hydrogens is 180 g/mol. The van der Waals surface area contributed by atoms with Crippen molar-refractivity contribution in [3.05, 3.63) is 11.8 Å². The lowest BCUT2D eigenvalue weighted by Gasteiger charge is -2.38. The van der Waals surface area contributed by atoms with Crippen molar-refractivity contribution in [2.75, 3.05) is 6.54 Å². The maximum atomic E-state index is 5.29. The van der Waals surface area contributed by atoms with Crippen molar-refractivity contribution in [3.8, 4) is 0 Å². The van der Waals surface area contributed by atoms with Gasteiger partial charge in [-0.2, -0.15) is 0 Å². The van der Waals surface area contributed by atoms with Crippen LogP contribution in [0.1, 0.15) is 34.1 Å². The van der Waals surface area contributed by atoms with Gasteiger partial charge in [0.15, 0.2) is 5.11 Å². The van der Waals surface area contributed by atoms with Crippen molar-refractivity contribution < 1.29 is 0 Å². The molecule has 0 unspecified atom stereocenters. The van der Waals surface area contributed by atoms with Crippen molar-refractivity contribution in [1.29, 1.82) is 0 Å². The highest BCUT2D eigenvalue weighted by molar-refractivity contribution is 7.80. The lowest BCUT2D eigenvalue weighted by molar-refractivity contribution is 0.426. The number of allylic oxidation sites excluding steroid dienone is 1. The quantitative estimate of drug-likeness (QED) is 0.685. The van der Waals surface area contributed by atoms with Crippen LogP contribution in [-0.2, 0) is 0 Å². The lowest BCUT2D eigenvalue weighted by atomic mass is 10.0. The molecule has 13 heavy (non-hydrogen) atoms. The summed E-state index contributed by atoms with van der Waals surface area (Å²) in [7, 11) is 0. The van der Waals surface area contributed by atoms with E-state index in [1.54, 1.807) is 0 Å². The van der Waals surface area contributed by atoms with Crippen molar-refractivity contribution >= 4 is 17.3 Å². The molecule has 0 fully saturated rings. The first-order chi connectivity index (χ1) is 5.96.